The Morgan fingerprint density at radius 3 is 2.30 bits per heavy atom. The Bertz CT molecular complexity index is 112. The van der Waals surface area contributed by atoms with E-state index in [1.54, 1.807) is 7.11 Å². The Balaban J connectivity index is 2.55. The average molecular weight is 144 g/mol. The Labute approximate surface area is 62.5 Å². The largest absolute Gasteiger partial charge is 0.353 e. The molecule has 2 heteroatoms. The van der Waals surface area contributed by atoms with Crippen LogP contribution in [-0.2, 0) is 9.47 Å². The van der Waals surface area contributed by atoms with Gasteiger partial charge in [-0.15, -0.1) is 0 Å². The maximum Gasteiger partial charge on any atom is 0.165 e. The lowest BCUT2D eigenvalue weighted by Crippen LogP contribution is -2.26. The molecule has 1 heterocycles. The van der Waals surface area contributed by atoms with Gasteiger partial charge in [-0.2, -0.15) is 0 Å². The fraction of sp³-hybridized carbons (Fsp3) is 1.00. The van der Waals surface area contributed by atoms with Gasteiger partial charge in [-0.25, -0.2) is 0 Å². The molecule has 2 nitrogen and oxygen atoms in total. The zero-order valence-corrected chi connectivity index (χ0v) is 7.18. The van der Waals surface area contributed by atoms with Gasteiger partial charge in [0.1, 0.15) is 0 Å². The number of hydrogen-bond acceptors (Lipinski definition) is 2. The van der Waals surface area contributed by atoms with Crippen LogP contribution in [0.15, 0.2) is 0 Å². The van der Waals surface area contributed by atoms with E-state index in [4.69, 9.17) is 9.47 Å². The first-order valence-corrected chi connectivity index (χ1v) is 3.80. The summed E-state index contributed by atoms with van der Waals surface area (Å²) in [5, 5.41) is 0. The van der Waals surface area contributed by atoms with E-state index in [2.05, 4.69) is 13.8 Å². The van der Waals surface area contributed by atoms with Gasteiger partial charge in [0.05, 0.1) is 6.10 Å². The van der Waals surface area contributed by atoms with Crippen molar-refractivity contribution in [2.45, 2.75) is 39.1 Å². The van der Waals surface area contributed by atoms with Gasteiger partial charge < -0.3 is 9.47 Å². The minimum atomic E-state index is -0.321. The fourth-order valence-electron chi connectivity index (χ4n) is 1.44. The van der Waals surface area contributed by atoms with Gasteiger partial charge in [-0.1, -0.05) is 6.92 Å². The molecule has 1 aliphatic heterocycles. The van der Waals surface area contributed by atoms with E-state index in [0.29, 0.717) is 12.0 Å². The van der Waals surface area contributed by atoms with Crippen molar-refractivity contribution < 1.29 is 9.47 Å². The van der Waals surface area contributed by atoms with Gasteiger partial charge in [-0.05, 0) is 19.8 Å². The lowest BCUT2D eigenvalue weighted by atomic mass is 10.0. The second kappa shape index (κ2) is 2.51. The predicted octanol–water partition coefficient (Wildman–Crippen LogP) is 1.79. The highest BCUT2D eigenvalue weighted by molar-refractivity contribution is 4.79. The zero-order chi connectivity index (χ0) is 7.78. The third-order valence-corrected chi connectivity index (χ3v) is 2.36. The van der Waals surface area contributed by atoms with Crippen molar-refractivity contribution in [3.8, 4) is 0 Å². The monoisotopic (exact) mass is 144 g/mol. The molecule has 3 atom stereocenters. The summed E-state index contributed by atoms with van der Waals surface area (Å²) < 4.78 is 10.8. The van der Waals surface area contributed by atoms with Gasteiger partial charge in [-0.3, -0.25) is 0 Å². The average Bonchev–Trinajstić information content (AvgIpc) is 2.10. The minimum absolute atomic E-state index is 0.321. The molecular weight excluding hydrogens is 128 g/mol. The molecule has 0 aliphatic carbocycles. The molecule has 0 N–H and O–H groups in total. The summed E-state index contributed by atoms with van der Waals surface area (Å²) in [7, 11) is 1.70. The molecule has 1 saturated heterocycles. The summed E-state index contributed by atoms with van der Waals surface area (Å²) in [6.45, 7) is 6.27. The molecule has 0 aromatic heterocycles. The molecule has 0 saturated carbocycles. The van der Waals surface area contributed by atoms with Crippen molar-refractivity contribution in [1.82, 2.24) is 0 Å². The summed E-state index contributed by atoms with van der Waals surface area (Å²) in [5.41, 5.74) is 0. The molecule has 0 radical (unpaired) electrons. The lowest BCUT2D eigenvalue weighted by molar-refractivity contribution is -0.195. The highest BCUT2D eigenvalue weighted by Gasteiger charge is 2.38. The van der Waals surface area contributed by atoms with E-state index in [1.807, 2.05) is 6.92 Å². The van der Waals surface area contributed by atoms with Crippen LogP contribution in [0, 0.1) is 5.92 Å². The first-order valence-electron chi connectivity index (χ1n) is 3.80. The SMILES string of the molecule is COC1(C)CC(C)C(C)O1. The number of methoxy groups -OCH3 is 1. The van der Waals surface area contributed by atoms with Gasteiger partial charge >= 0.3 is 0 Å². The number of ether oxygens (including phenoxy) is 2. The maximum absolute atomic E-state index is 5.59. The lowest BCUT2D eigenvalue weighted by Gasteiger charge is -2.21. The zero-order valence-electron chi connectivity index (χ0n) is 7.18. The third-order valence-electron chi connectivity index (χ3n) is 2.36. The van der Waals surface area contributed by atoms with E-state index in [9.17, 15) is 0 Å². The normalized spacial score (nSPS) is 48.0. The summed E-state index contributed by atoms with van der Waals surface area (Å²) >= 11 is 0. The summed E-state index contributed by atoms with van der Waals surface area (Å²) in [5.74, 6) is 0.295. The van der Waals surface area contributed by atoms with Gasteiger partial charge in [0.25, 0.3) is 0 Å². The highest BCUT2D eigenvalue weighted by atomic mass is 16.7. The molecule has 0 amide bonds. The van der Waals surface area contributed by atoms with Crippen LogP contribution in [-0.4, -0.2) is 19.0 Å². The Hall–Kier alpha value is -0.0800. The van der Waals surface area contributed by atoms with Crippen molar-refractivity contribution in [1.29, 1.82) is 0 Å². The van der Waals surface area contributed by atoms with Crippen molar-refractivity contribution in [2.75, 3.05) is 7.11 Å². The van der Waals surface area contributed by atoms with Crippen LogP contribution in [0.2, 0.25) is 0 Å². The Kier molecular flexibility index (Phi) is 2.02. The van der Waals surface area contributed by atoms with Crippen LogP contribution in [0.1, 0.15) is 27.2 Å². The van der Waals surface area contributed by atoms with E-state index in [0.717, 1.165) is 6.42 Å². The third kappa shape index (κ3) is 1.32. The molecule has 0 bridgehead atoms. The molecule has 10 heavy (non-hydrogen) atoms. The van der Waals surface area contributed by atoms with Crippen LogP contribution < -0.4 is 0 Å². The van der Waals surface area contributed by atoms with E-state index >= 15 is 0 Å². The first kappa shape index (κ1) is 8.02. The summed E-state index contributed by atoms with van der Waals surface area (Å²) in [6, 6.07) is 0. The molecule has 1 fully saturated rings. The second-order valence-corrected chi connectivity index (χ2v) is 3.34. The summed E-state index contributed by atoms with van der Waals surface area (Å²) in [4.78, 5) is 0. The van der Waals surface area contributed by atoms with Crippen LogP contribution in [0.4, 0.5) is 0 Å². The van der Waals surface area contributed by atoms with Gasteiger partial charge in [0.15, 0.2) is 5.79 Å². The van der Waals surface area contributed by atoms with Crippen molar-refractivity contribution in [3.05, 3.63) is 0 Å². The smallest absolute Gasteiger partial charge is 0.165 e. The Morgan fingerprint density at radius 2 is 2.10 bits per heavy atom. The number of hydrogen-bond donors (Lipinski definition) is 0. The fourth-order valence-corrected chi connectivity index (χ4v) is 1.44. The van der Waals surface area contributed by atoms with Crippen LogP contribution in [0.5, 0.6) is 0 Å². The standard InChI is InChI=1S/C8H16O2/c1-6-5-8(3,9-4)10-7(6)2/h6-7H,5H2,1-4H3. The topological polar surface area (TPSA) is 18.5 Å². The highest BCUT2D eigenvalue weighted by Crippen LogP contribution is 2.34. The van der Waals surface area contributed by atoms with Crippen LogP contribution >= 0.6 is 0 Å². The molecule has 1 aliphatic rings. The summed E-state index contributed by atoms with van der Waals surface area (Å²) in [6.07, 6.45) is 1.34. The molecule has 3 unspecified atom stereocenters. The van der Waals surface area contributed by atoms with Crippen molar-refractivity contribution >= 4 is 0 Å². The first-order chi connectivity index (χ1) is 4.57. The molecule has 0 aromatic rings. The van der Waals surface area contributed by atoms with Crippen LogP contribution in [0.3, 0.4) is 0 Å². The molecule has 1 rings (SSSR count). The number of rotatable bonds is 1. The maximum atomic E-state index is 5.59. The predicted molar refractivity (Wildman–Crippen MR) is 39.7 cm³/mol. The molecule has 0 spiro atoms. The van der Waals surface area contributed by atoms with Gasteiger partial charge in [0, 0.05) is 13.5 Å². The van der Waals surface area contributed by atoms with E-state index in [1.165, 1.54) is 0 Å². The second-order valence-electron chi connectivity index (χ2n) is 3.34. The molecule has 0 aromatic carbocycles. The Morgan fingerprint density at radius 1 is 1.50 bits per heavy atom. The quantitative estimate of drug-likeness (QED) is 0.558. The van der Waals surface area contributed by atoms with E-state index < -0.39 is 0 Å². The molecule has 60 valence electrons. The van der Waals surface area contributed by atoms with Crippen molar-refractivity contribution in [2.24, 2.45) is 5.92 Å². The van der Waals surface area contributed by atoms with Crippen molar-refractivity contribution in [3.63, 3.8) is 0 Å². The molecular formula is C8H16O2. The van der Waals surface area contributed by atoms with Gasteiger partial charge in [0.2, 0.25) is 0 Å². The van der Waals surface area contributed by atoms with E-state index in [-0.39, 0.29) is 5.79 Å². The minimum Gasteiger partial charge on any atom is -0.353 e. The van der Waals surface area contributed by atoms with Crippen LogP contribution in [0.25, 0.3) is 0 Å².